The summed E-state index contributed by atoms with van der Waals surface area (Å²) in [5.74, 6) is -0.193. The van der Waals surface area contributed by atoms with E-state index in [1.54, 1.807) is 30.5 Å². The largest absolute Gasteiger partial charge is 0.394 e. The molecule has 1 fully saturated rings. The van der Waals surface area contributed by atoms with Gasteiger partial charge >= 0.3 is 0 Å². The summed E-state index contributed by atoms with van der Waals surface area (Å²) in [6.07, 6.45) is 0.562. The number of carbonyl (C=O) groups is 1. The molecule has 0 unspecified atom stereocenters. The molecule has 0 saturated carbocycles. The monoisotopic (exact) mass is 457 g/mol. The van der Waals surface area contributed by atoms with E-state index in [4.69, 9.17) is 4.74 Å². The number of aromatic nitrogens is 1. The van der Waals surface area contributed by atoms with Crippen LogP contribution in [0.1, 0.15) is 16.1 Å². The molecule has 2 aromatic rings. The number of likely N-dealkylation sites (N-methyl/N-ethyl adjacent to an activating group) is 1. The van der Waals surface area contributed by atoms with Crippen LogP contribution in [-0.4, -0.2) is 77.1 Å². The van der Waals surface area contributed by atoms with Crippen LogP contribution in [0.25, 0.3) is 0 Å². The fourth-order valence-corrected chi connectivity index (χ4v) is 3.56. The zero-order chi connectivity index (χ0) is 19.9. The number of halogens is 2. The summed E-state index contributed by atoms with van der Waals surface area (Å²) >= 11 is 0. The molecule has 9 heteroatoms. The van der Waals surface area contributed by atoms with Crippen LogP contribution in [-0.2, 0) is 11.2 Å². The summed E-state index contributed by atoms with van der Waals surface area (Å²) in [4.78, 5) is 18.7. The van der Waals surface area contributed by atoms with Gasteiger partial charge in [0.1, 0.15) is 12.2 Å². The summed E-state index contributed by atoms with van der Waals surface area (Å²) < 4.78 is 5.82. The molecule has 3 N–H and O–H groups in total. The first-order valence-corrected chi connectivity index (χ1v) is 9.48. The Kier molecular flexibility index (Phi) is 11.3. The molecule has 1 amide bonds. The van der Waals surface area contributed by atoms with Gasteiger partial charge in [0.15, 0.2) is 0 Å². The van der Waals surface area contributed by atoms with Crippen molar-refractivity contribution in [2.45, 2.75) is 30.8 Å². The maximum absolute atomic E-state index is 12.3. The van der Waals surface area contributed by atoms with Crippen molar-refractivity contribution < 1.29 is 19.7 Å². The third kappa shape index (κ3) is 6.63. The topological polar surface area (TPSA) is 94.9 Å². The van der Waals surface area contributed by atoms with Crippen LogP contribution in [0.3, 0.4) is 0 Å². The lowest BCUT2D eigenvalue weighted by molar-refractivity contribution is -0.0209. The number of aliphatic hydroxyl groups excluding tert-OH is 2. The van der Waals surface area contributed by atoms with Gasteiger partial charge in [-0.15, -0.1) is 24.8 Å². The molecule has 30 heavy (non-hydrogen) atoms. The number of pyridine rings is 1. The number of benzene rings is 1. The second-order valence-corrected chi connectivity index (χ2v) is 7.00. The molecule has 1 aromatic carbocycles. The number of ether oxygens (including phenoxy) is 1. The van der Waals surface area contributed by atoms with Gasteiger partial charge in [-0.05, 0) is 31.3 Å². The van der Waals surface area contributed by atoms with Gasteiger partial charge in [0, 0.05) is 37.0 Å². The zero-order valence-corrected chi connectivity index (χ0v) is 18.4. The van der Waals surface area contributed by atoms with Crippen LogP contribution < -0.4 is 5.32 Å². The fraction of sp³-hybridized carbons (Fsp3) is 0.429. The molecular weight excluding hydrogens is 429 g/mol. The number of hydrogen-bond donors (Lipinski definition) is 3. The van der Waals surface area contributed by atoms with Gasteiger partial charge in [-0.2, -0.15) is 0 Å². The normalized spacial score (nSPS) is 22.8. The summed E-state index contributed by atoms with van der Waals surface area (Å²) in [7, 11) is 1.91. The van der Waals surface area contributed by atoms with Crippen molar-refractivity contribution in [1.82, 2.24) is 15.2 Å². The molecule has 2 heterocycles. The van der Waals surface area contributed by atoms with Crippen molar-refractivity contribution in [1.29, 1.82) is 0 Å². The van der Waals surface area contributed by atoms with Crippen molar-refractivity contribution in [2.24, 2.45) is 0 Å². The van der Waals surface area contributed by atoms with Crippen LogP contribution in [0, 0.1) is 0 Å². The highest BCUT2D eigenvalue weighted by Gasteiger charge is 2.45. The highest BCUT2D eigenvalue weighted by molar-refractivity contribution is 5.94. The molecule has 0 spiro atoms. The predicted octanol–water partition coefficient (Wildman–Crippen LogP) is 1.32. The number of rotatable bonds is 8. The highest BCUT2D eigenvalue weighted by Crippen LogP contribution is 2.25. The van der Waals surface area contributed by atoms with Gasteiger partial charge in [0.05, 0.1) is 18.8 Å². The van der Waals surface area contributed by atoms with E-state index in [9.17, 15) is 15.0 Å². The summed E-state index contributed by atoms with van der Waals surface area (Å²) in [6, 6.07) is 14.4. The molecule has 1 saturated heterocycles. The number of aliphatic hydroxyl groups is 2. The van der Waals surface area contributed by atoms with E-state index >= 15 is 0 Å². The highest BCUT2D eigenvalue weighted by atomic mass is 35.5. The molecule has 7 nitrogen and oxygen atoms in total. The lowest BCUT2D eigenvalue weighted by Gasteiger charge is -2.30. The van der Waals surface area contributed by atoms with Crippen LogP contribution in [0.2, 0.25) is 0 Å². The van der Waals surface area contributed by atoms with Crippen LogP contribution in [0.5, 0.6) is 0 Å². The number of nitrogens with zero attached hydrogens (tertiary/aromatic N) is 2. The van der Waals surface area contributed by atoms with E-state index in [0.717, 1.165) is 12.1 Å². The van der Waals surface area contributed by atoms with E-state index in [1.807, 2.05) is 36.2 Å². The molecule has 1 aliphatic rings. The predicted molar refractivity (Wildman–Crippen MR) is 119 cm³/mol. The van der Waals surface area contributed by atoms with Crippen LogP contribution >= 0.6 is 24.8 Å². The average molecular weight is 458 g/mol. The first-order chi connectivity index (χ1) is 13.6. The zero-order valence-electron chi connectivity index (χ0n) is 16.8. The Morgan fingerprint density at radius 1 is 1.13 bits per heavy atom. The number of carbonyl (C=O) groups excluding carboxylic acids is 1. The number of amides is 1. The Bertz CT molecular complexity index is 754. The molecule has 166 valence electrons. The lowest BCUT2D eigenvalue weighted by atomic mass is 10.0. The van der Waals surface area contributed by atoms with Crippen LogP contribution in [0.4, 0.5) is 0 Å². The minimum absolute atomic E-state index is 0. The summed E-state index contributed by atoms with van der Waals surface area (Å²) in [6.45, 7) is 0.651. The van der Waals surface area contributed by atoms with Gasteiger partial charge in [-0.1, -0.05) is 24.3 Å². The van der Waals surface area contributed by atoms with Gasteiger partial charge in [-0.25, -0.2) is 0 Å². The fourth-order valence-electron chi connectivity index (χ4n) is 3.56. The molecular formula is C21H29Cl2N3O4. The Morgan fingerprint density at radius 3 is 2.47 bits per heavy atom. The van der Waals surface area contributed by atoms with E-state index in [2.05, 4.69) is 10.3 Å². The molecule has 0 bridgehead atoms. The van der Waals surface area contributed by atoms with Gasteiger partial charge < -0.3 is 20.3 Å². The van der Waals surface area contributed by atoms with Crippen molar-refractivity contribution >= 4 is 30.7 Å². The number of hydrogen-bond acceptors (Lipinski definition) is 6. The van der Waals surface area contributed by atoms with E-state index in [1.165, 1.54) is 0 Å². The SMILES string of the molecule is CN(CCc1ccccn1)[C@@H]1[C@H](O)[C@H](CO)O[C@@H]1CNC(=O)c1ccccc1.Cl.Cl. The molecule has 0 aliphatic carbocycles. The van der Waals surface area contributed by atoms with Crippen molar-refractivity contribution in [3.05, 3.63) is 66.0 Å². The number of nitrogens with one attached hydrogen (secondary N) is 1. The second-order valence-electron chi connectivity index (χ2n) is 7.00. The summed E-state index contributed by atoms with van der Waals surface area (Å²) in [5.41, 5.74) is 1.54. The Labute approximate surface area is 189 Å². The average Bonchev–Trinajstić information content (AvgIpc) is 3.07. The molecule has 3 rings (SSSR count). The van der Waals surface area contributed by atoms with Crippen molar-refractivity contribution in [3.8, 4) is 0 Å². The van der Waals surface area contributed by atoms with E-state index < -0.39 is 18.3 Å². The molecule has 1 aliphatic heterocycles. The minimum atomic E-state index is -0.836. The van der Waals surface area contributed by atoms with Crippen molar-refractivity contribution in [2.75, 3.05) is 26.7 Å². The Hall–Kier alpha value is -1.74. The van der Waals surface area contributed by atoms with Gasteiger partial charge in [0.2, 0.25) is 0 Å². The molecule has 4 atom stereocenters. The van der Waals surface area contributed by atoms with E-state index in [-0.39, 0.29) is 49.9 Å². The maximum atomic E-state index is 12.3. The third-order valence-corrected chi connectivity index (χ3v) is 5.10. The van der Waals surface area contributed by atoms with Crippen LogP contribution in [0.15, 0.2) is 54.7 Å². The quantitative estimate of drug-likeness (QED) is 0.553. The van der Waals surface area contributed by atoms with Crippen molar-refractivity contribution in [3.63, 3.8) is 0 Å². The summed E-state index contributed by atoms with van der Waals surface area (Å²) in [5, 5.41) is 23.0. The minimum Gasteiger partial charge on any atom is -0.394 e. The molecule has 1 aromatic heterocycles. The standard InChI is InChI=1S/C21H27N3O4.2ClH/c1-24(12-10-16-9-5-6-11-22-16)19-17(28-18(14-25)20(19)26)13-23-21(27)15-7-3-2-4-8-15;;/h2-9,11,17-20,25-26H,10,12-14H2,1H3,(H,23,27);2*1H/t17-,18+,19+,20-;;/m1../s1. The maximum Gasteiger partial charge on any atom is 0.251 e. The van der Waals surface area contributed by atoms with Gasteiger partial charge in [-0.3, -0.25) is 14.7 Å². The van der Waals surface area contributed by atoms with Gasteiger partial charge in [0.25, 0.3) is 5.91 Å². The second kappa shape index (κ2) is 12.8. The lowest BCUT2D eigenvalue weighted by Crippen LogP contribution is -2.50. The first kappa shape index (κ1) is 26.3. The molecule has 0 radical (unpaired) electrons. The smallest absolute Gasteiger partial charge is 0.251 e. The Morgan fingerprint density at radius 2 is 1.83 bits per heavy atom. The third-order valence-electron chi connectivity index (χ3n) is 5.10. The Balaban J connectivity index is 0.00000225. The van der Waals surface area contributed by atoms with E-state index in [0.29, 0.717) is 12.1 Å². The first-order valence-electron chi connectivity index (χ1n) is 9.48.